The summed E-state index contributed by atoms with van der Waals surface area (Å²) >= 11 is 0. The average Bonchev–Trinajstić information content (AvgIpc) is 2.88. The molecule has 170 valence electrons. The molecule has 3 atom stereocenters. The zero-order chi connectivity index (χ0) is 23.0. The minimum absolute atomic E-state index is 0.0454. The summed E-state index contributed by atoms with van der Waals surface area (Å²) in [7, 11) is 1.35. The van der Waals surface area contributed by atoms with Gasteiger partial charge in [-0.05, 0) is 16.7 Å². The van der Waals surface area contributed by atoms with E-state index in [1.54, 1.807) is 4.90 Å². The normalized spacial score (nSPS) is 20.2. The maximum absolute atomic E-state index is 13.4. The van der Waals surface area contributed by atoms with Gasteiger partial charge >= 0.3 is 12.1 Å². The smallest absolute Gasteiger partial charge is 0.410 e. The van der Waals surface area contributed by atoms with Gasteiger partial charge < -0.3 is 14.2 Å². The van der Waals surface area contributed by atoms with E-state index in [4.69, 9.17) is 14.2 Å². The number of ether oxygens (including phenoxy) is 3. The fourth-order valence-electron chi connectivity index (χ4n) is 4.10. The standard InChI is InChI=1S/C27H27NO5/c1-31-24(29)17-23-18-28(27(30)32-19-20-11-5-2-6-12-20)25(21-13-7-3-8-14-21)26(33-23)22-15-9-4-10-16-22/h2-16,23,25-26H,17-19H2,1H3/t23-,25-,26+/m1/s1. The first kappa shape index (κ1) is 22.6. The third-order valence-corrected chi connectivity index (χ3v) is 5.69. The van der Waals surface area contributed by atoms with Gasteiger partial charge in [0.25, 0.3) is 0 Å². The van der Waals surface area contributed by atoms with Crippen molar-refractivity contribution < 1.29 is 23.8 Å². The van der Waals surface area contributed by atoms with Gasteiger partial charge in [-0.2, -0.15) is 0 Å². The van der Waals surface area contributed by atoms with Crippen LogP contribution in [0.5, 0.6) is 0 Å². The Hall–Kier alpha value is -3.64. The highest BCUT2D eigenvalue weighted by atomic mass is 16.6. The van der Waals surface area contributed by atoms with Gasteiger partial charge in [0, 0.05) is 0 Å². The summed E-state index contributed by atoms with van der Waals surface area (Å²) in [5.74, 6) is -0.387. The Bertz CT molecular complexity index is 1040. The minimum atomic E-state index is -0.521. The molecule has 0 radical (unpaired) electrons. The Morgan fingerprint density at radius 1 is 0.879 bits per heavy atom. The summed E-state index contributed by atoms with van der Waals surface area (Å²) in [5, 5.41) is 0. The number of benzene rings is 3. The highest BCUT2D eigenvalue weighted by Gasteiger charge is 2.42. The summed E-state index contributed by atoms with van der Waals surface area (Å²) in [6.45, 7) is 0.377. The van der Waals surface area contributed by atoms with Gasteiger partial charge in [-0.25, -0.2) is 4.79 Å². The molecule has 6 heteroatoms. The Morgan fingerprint density at radius 3 is 2.06 bits per heavy atom. The van der Waals surface area contributed by atoms with Crippen LogP contribution in [0.4, 0.5) is 4.79 Å². The second kappa shape index (κ2) is 10.8. The average molecular weight is 446 g/mol. The molecule has 0 aliphatic carbocycles. The molecule has 1 saturated heterocycles. The first-order valence-electron chi connectivity index (χ1n) is 10.9. The van der Waals surface area contributed by atoms with Crippen molar-refractivity contribution in [1.29, 1.82) is 0 Å². The molecule has 0 bridgehead atoms. The molecule has 3 aromatic rings. The van der Waals surface area contributed by atoms with E-state index in [0.717, 1.165) is 16.7 Å². The molecule has 1 aliphatic rings. The quantitative estimate of drug-likeness (QED) is 0.496. The van der Waals surface area contributed by atoms with Gasteiger partial charge in [0.2, 0.25) is 0 Å². The highest BCUT2D eigenvalue weighted by Crippen LogP contribution is 2.42. The van der Waals surface area contributed by atoms with E-state index in [2.05, 4.69) is 0 Å². The Morgan fingerprint density at radius 2 is 1.45 bits per heavy atom. The fourth-order valence-corrected chi connectivity index (χ4v) is 4.10. The maximum atomic E-state index is 13.4. The molecule has 0 aromatic heterocycles. The SMILES string of the molecule is COC(=O)C[C@@H]1CN(C(=O)OCc2ccccc2)[C@H](c2ccccc2)[C@H](c2ccccc2)O1. The Balaban J connectivity index is 1.67. The molecular formula is C27H27NO5. The van der Waals surface area contributed by atoms with E-state index < -0.39 is 24.3 Å². The van der Waals surface area contributed by atoms with Crippen molar-refractivity contribution in [3.63, 3.8) is 0 Å². The number of esters is 1. The molecule has 1 fully saturated rings. The van der Waals surface area contributed by atoms with E-state index >= 15 is 0 Å². The molecule has 6 nitrogen and oxygen atoms in total. The predicted octanol–water partition coefficient (Wildman–Crippen LogP) is 5.07. The fraction of sp³-hybridized carbons (Fsp3) is 0.259. The van der Waals surface area contributed by atoms with Gasteiger partial charge in [-0.15, -0.1) is 0 Å². The van der Waals surface area contributed by atoms with Crippen molar-refractivity contribution in [3.8, 4) is 0 Å². The van der Waals surface area contributed by atoms with Crippen molar-refractivity contribution in [1.82, 2.24) is 4.90 Å². The van der Waals surface area contributed by atoms with E-state index in [1.165, 1.54) is 7.11 Å². The Kier molecular flexibility index (Phi) is 7.37. The van der Waals surface area contributed by atoms with E-state index in [-0.39, 0.29) is 25.5 Å². The van der Waals surface area contributed by atoms with Gasteiger partial charge in [-0.3, -0.25) is 9.69 Å². The molecule has 0 unspecified atom stereocenters. The largest absolute Gasteiger partial charge is 0.469 e. The van der Waals surface area contributed by atoms with Crippen molar-refractivity contribution in [2.75, 3.05) is 13.7 Å². The van der Waals surface area contributed by atoms with Crippen LogP contribution in [-0.4, -0.2) is 36.7 Å². The van der Waals surface area contributed by atoms with Gasteiger partial charge in [-0.1, -0.05) is 91.0 Å². The van der Waals surface area contributed by atoms with Crippen molar-refractivity contribution in [2.24, 2.45) is 0 Å². The summed E-state index contributed by atoms with van der Waals surface area (Å²) in [5.41, 5.74) is 2.75. The number of methoxy groups -OCH3 is 1. The minimum Gasteiger partial charge on any atom is -0.469 e. The van der Waals surface area contributed by atoms with Crippen LogP contribution in [0.15, 0.2) is 91.0 Å². The summed E-state index contributed by atoms with van der Waals surface area (Å²) in [6, 6.07) is 28.6. The number of amides is 1. The van der Waals surface area contributed by atoms with E-state index in [0.29, 0.717) is 0 Å². The molecule has 0 saturated carbocycles. The van der Waals surface area contributed by atoms with Crippen molar-refractivity contribution in [2.45, 2.75) is 31.3 Å². The van der Waals surface area contributed by atoms with Crippen LogP contribution in [0.3, 0.4) is 0 Å². The lowest BCUT2D eigenvalue weighted by molar-refractivity contribution is -0.154. The summed E-state index contributed by atoms with van der Waals surface area (Å²) < 4.78 is 17.0. The van der Waals surface area contributed by atoms with Crippen LogP contribution in [0.2, 0.25) is 0 Å². The monoisotopic (exact) mass is 445 g/mol. The summed E-state index contributed by atoms with van der Waals surface area (Å²) in [6.07, 6.45) is -1.40. The van der Waals surface area contributed by atoms with Crippen LogP contribution in [0, 0.1) is 0 Å². The molecule has 1 heterocycles. The number of hydrogen-bond donors (Lipinski definition) is 0. The topological polar surface area (TPSA) is 65.1 Å². The number of carbonyl (C=O) groups is 2. The molecule has 33 heavy (non-hydrogen) atoms. The molecule has 1 amide bonds. The highest BCUT2D eigenvalue weighted by molar-refractivity contribution is 5.71. The van der Waals surface area contributed by atoms with Crippen molar-refractivity contribution in [3.05, 3.63) is 108 Å². The number of rotatable bonds is 6. The first-order chi connectivity index (χ1) is 16.2. The number of nitrogens with zero attached hydrogens (tertiary/aromatic N) is 1. The second-order valence-electron chi connectivity index (χ2n) is 7.92. The lowest BCUT2D eigenvalue weighted by Gasteiger charge is -2.44. The zero-order valence-electron chi connectivity index (χ0n) is 18.5. The zero-order valence-corrected chi connectivity index (χ0v) is 18.5. The second-order valence-corrected chi connectivity index (χ2v) is 7.92. The Labute approximate surface area is 193 Å². The number of morpholine rings is 1. The molecule has 1 aliphatic heterocycles. The van der Waals surface area contributed by atoms with Crippen LogP contribution in [-0.2, 0) is 25.6 Å². The maximum Gasteiger partial charge on any atom is 0.410 e. The number of hydrogen-bond acceptors (Lipinski definition) is 5. The third kappa shape index (κ3) is 5.59. The predicted molar refractivity (Wildman–Crippen MR) is 123 cm³/mol. The van der Waals surface area contributed by atoms with Gasteiger partial charge in [0.1, 0.15) is 12.7 Å². The first-order valence-corrected chi connectivity index (χ1v) is 10.9. The van der Waals surface area contributed by atoms with Crippen LogP contribution in [0.25, 0.3) is 0 Å². The van der Waals surface area contributed by atoms with Crippen molar-refractivity contribution >= 4 is 12.1 Å². The summed E-state index contributed by atoms with van der Waals surface area (Å²) in [4.78, 5) is 27.1. The van der Waals surface area contributed by atoms with E-state index in [9.17, 15) is 9.59 Å². The van der Waals surface area contributed by atoms with Gasteiger partial charge in [0.05, 0.1) is 32.2 Å². The van der Waals surface area contributed by atoms with E-state index in [1.807, 2.05) is 91.0 Å². The molecule has 3 aromatic carbocycles. The van der Waals surface area contributed by atoms with Crippen LogP contribution in [0.1, 0.15) is 35.3 Å². The third-order valence-electron chi connectivity index (χ3n) is 5.69. The lowest BCUT2D eigenvalue weighted by Crippen LogP contribution is -2.49. The lowest BCUT2D eigenvalue weighted by atomic mass is 9.92. The number of carbonyl (C=O) groups excluding carboxylic acids is 2. The molecular weight excluding hydrogens is 418 g/mol. The molecule has 0 spiro atoms. The van der Waals surface area contributed by atoms with Gasteiger partial charge in [0.15, 0.2) is 0 Å². The molecule has 4 rings (SSSR count). The molecule has 0 N–H and O–H groups in total. The van der Waals surface area contributed by atoms with Crippen LogP contribution < -0.4 is 0 Å². The van der Waals surface area contributed by atoms with Crippen LogP contribution >= 0.6 is 0 Å².